The van der Waals surface area contributed by atoms with E-state index in [9.17, 15) is 9.90 Å². The fraction of sp³-hybridized carbons (Fsp3) is 0.312. The number of fused-ring (bicyclic) bond motifs is 2. The molecule has 0 spiro atoms. The molecule has 220 valence electrons. The van der Waals surface area contributed by atoms with Crippen LogP contribution < -0.4 is 4.74 Å². The second-order valence-electron chi connectivity index (χ2n) is 11.0. The van der Waals surface area contributed by atoms with Gasteiger partial charge in [0.05, 0.1) is 34.9 Å². The number of aryl methyl sites for hydroxylation is 2. The first kappa shape index (κ1) is 27.2. The van der Waals surface area contributed by atoms with E-state index >= 15 is 8.78 Å². The van der Waals surface area contributed by atoms with Crippen LogP contribution in [0.25, 0.3) is 22.3 Å². The number of imidazole rings is 1. The van der Waals surface area contributed by atoms with Gasteiger partial charge in [0.15, 0.2) is 0 Å². The lowest BCUT2D eigenvalue weighted by Gasteiger charge is -2.27. The standard InChI is InChI=1S/C32H29F2N5O4/c33-25-16-24(27-5-3-6-31(36-27)43-18-21-15-22-4-1-2-10-39(22)37-21)26(34)12-20(25)14-30-35-28-8-7-19(32(40)41)13-29(28)38(30)17-23-9-11-42-23/h3,5-8,12-13,15-16,23H,1-2,4,9-11,14,17-18H2,(H,40,41)/t23-/m0/s1. The van der Waals surface area contributed by atoms with E-state index in [1.807, 2.05) is 15.3 Å². The summed E-state index contributed by atoms with van der Waals surface area (Å²) in [5.74, 6) is -1.49. The number of hydrogen-bond acceptors (Lipinski definition) is 6. The molecule has 0 aliphatic carbocycles. The highest BCUT2D eigenvalue weighted by Gasteiger charge is 2.24. The zero-order chi connectivity index (χ0) is 29.5. The molecule has 0 saturated carbocycles. The van der Waals surface area contributed by atoms with E-state index in [2.05, 4.69) is 15.1 Å². The van der Waals surface area contributed by atoms with Crippen LogP contribution in [0.4, 0.5) is 8.78 Å². The number of benzene rings is 2. The fourth-order valence-electron chi connectivity index (χ4n) is 5.71. The Kier molecular flexibility index (Phi) is 7.10. The molecule has 5 aromatic rings. The molecule has 0 unspecified atom stereocenters. The monoisotopic (exact) mass is 585 g/mol. The average Bonchev–Trinajstić information content (AvgIpc) is 3.55. The summed E-state index contributed by atoms with van der Waals surface area (Å²) in [6, 6.07) is 14.0. The highest BCUT2D eigenvalue weighted by Crippen LogP contribution is 2.29. The first-order chi connectivity index (χ1) is 20.9. The Morgan fingerprint density at radius 3 is 2.74 bits per heavy atom. The molecule has 0 amide bonds. The number of rotatable bonds is 9. The van der Waals surface area contributed by atoms with Crippen LogP contribution in [0.2, 0.25) is 0 Å². The van der Waals surface area contributed by atoms with E-state index in [0.717, 1.165) is 44.0 Å². The summed E-state index contributed by atoms with van der Waals surface area (Å²) < 4.78 is 46.3. The van der Waals surface area contributed by atoms with E-state index in [1.165, 1.54) is 17.8 Å². The maximum Gasteiger partial charge on any atom is 0.335 e. The SMILES string of the molecule is O=C(O)c1ccc2nc(Cc3cc(F)c(-c4cccc(OCc5cc6n(n5)CCCC6)n4)cc3F)n(C[C@@H]3CCO3)c2c1. The Morgan fingerprint density at radius 1 is 1.07 bits per heavy atom. The van der Waals surface area contributed by atoms with E-state index in [-0.39, 0.29) is 41.5 Å². The van der Waals surface area contributed by atoms with Crippen molar-refractivity contribution >= 4 is 17.0 Å². The molecule has 5 heterocycles. The summed E-state index contributed by atoms with van der Waals surface area (Å²) >= 11 is 0. The minimum absolute atomic E-state index is 0.0120. The highest BCUT2D eigenvalue weighted by molar-refractivity contribution is 5.92. The normalized spacial score (nSPS) is 16.2. The molecule has 2 aliphatic rings. The molecule has 7 rings (SSSR count). The number of nitrogens with zero attached hydrogens (tertiary/aromatic N) is 5. The summed E-state index contributed by atoms with van der Waals surface area (Å²) in [6.07, 6.45) is 4.09. The minimum atomic E-state index is -1.05. The lowest BCUT2D eigenvalue weighted by Crippen LogP contribution is -2.31. The molecular formula is C32H29F2N5O4. The Balaban J connectivity index is 1.13. The van der Waals surface area contributed by atoms with Gasteiger partial charge in [-0.3, -0.25) is 4.68 Å². The van der Waals surface area contributed by atoms with E-state index in [1.54, 1.807) is 30.3 Å². The third-order valence-electron chi connectivity index (χ3n) is 8.07. The number of aromatic carboxylic acids is 1. The van der Waals surface area contributed by atoms with Crippen molar-refractivity contribution in [2.24, 2.45) is 0 Å². The van der Waals surface area contributed by atoms with Gasteiger partial charge in [-0.2, -0.15) is 5.10 Å². The fourth-order valence-corrected chi connectivity index (χ4v) is 5.71. The molecule has 1 fully saturated rings. The van der Waals surface area contributed by atoms with Crippen molar-refractivity contribution in [3.8, 4) is 17.1 Å². The van der Waals surface area contributed by atoms with Gasteiger partial charge in [-0.15, -0.1) is 0 Å². The van der Waals surface area contributed by atoms with Gasteiger partial charge in [-0.05, 0) is 73.7 Å². The largest absolute Gasteiger partial charge is 0.478 e. The third kappa shape index (κ3) is 5.48. The van der Waals surface area contributed by atoms with Gasteiger partial charge in [0.1, 0.15) is 29.8 Å². The summed E-state index contributed by atoms with van der Waals surface area (Å²) in [4.78, 5) is 20.6. The van der Waals surface area contributed by atoms with E-state index in [0.29, 0.717) is 35.9 Å². The molecule has 9 nitrogen and oxygen atoms in total. The van der Waals surface area contributed by atoms with E-state index < -0.39 is 17.6 Å². The van der Waals surface area contributed by atoms with Crippen molar-refractivity contribution < 1.29 is 28.2 Å². The predicted molar refractivity (Wildman–Crippen MR) is 153 cm³/mol. The Hall–Kier alpha value is -4.64. The second kappa shape index (κ2) is 11.2. The Labute approximate surface area is 245 Å². The number of carboxylic acids is 1. The molecule has 0 bridgehead atoms. The molecule has 1 saturated heterocycles. The van der Waals surface area contributed by atoms with Crippen LogP contribution in [0.15, 0.2) is 54.6 Å². The van der Waals surface area contributed by atoms with Crippen LogP contribution in [0.3, 0.4) is 0 Å². The van der Waals surface area contributed by atoms with Gasteiger partial charge in [-0.25, -0.2) is 23.5 Å². The maximum absolute atomic E-state index is 15.5. The lowest BCUT2D eigenvalue weighted by molar-refractivity contribution is -0.0589. The van der Waals surface area contributed by atoms with Crippen LogP contribution in [0.1, 0.15) is 52.4 Å². The zero-order valence-electron chi connectivity index (χ0n) is 23.3. The molecule has 1 N–H and O–H groups in total. The van der Waals surface area contributed by atoms with Gasteiger partial charge < -0.3 is 19.1 Å². The molecule has 43 heavy (non-hydrogen) atoms. The molecule has 11 heteroatoms. The van der Waals surface area contributed by atoms with Crippen LogP contribution in [0.5, 0.6) is 5.88 Å². The number of carboxylic acid groups (broad SMARTS) is 1. The number of pyridine rings is 1. The van der Waals surface area contributed by atoms with Crippen LogP contribution in [-0.4, -0.2) is 48.1 Å². The van der Waals surface area contributed by atoms with Crippen molar-refractivity contribution in [3.05, 3.63) is 94.6 Å². The summed E-state index contributed by atoms with van der Waals surface area (Å²) in [5.41, 5.74) is 3.71. The van der Waals surface area contributed by atoms with Gasteiger partial charge in [0.25, 0.3) is 0 Å². The van der Waals surface area contributed by atoms with Crippen molar-refractivity contribution in [2.45, 2.75) is 57.9 Å². The summed E-state index contributed by atoms with van der Waals surface area (Å²) in [6.45, 7) is 2.23. The van der Waals surface area contributed by atoms with Crippen molar-refractivity contribution in [1.82, 2.24) is 24.3 Å². The second-order valence-corrected chi connectivity index (χ2v) is 11.0. The molecule has 0 radical (unpaired) electrons. The van der Waals surface area contributed by atoms with Crippen molar-refractivity contribution in [3.63, 3.8) is 0 Å². The zero-order valence-corrected chi connectivity index (χ0v) is 23.3. The summed E-state index contributed by atoms with van der Waals surface area (Å²) in [5, 5.41) is 14.1. The summed E-state index contributed by atoms with van der Waals surface area (Å²) in [7, 11) is 0. The first-order valence-electron chi connectivity index (χ1n) is 14.4. The number of ether oxygens (including phenoxy) is 2. The Bertz CT molecular complexity index is 1820. The van der Waals surface area contributed by atoms with E-state index in [4.69, 9.17) is 9.47 Å². The van der Waals surface area contributed by atoms with Gasteiger partial charge >= 0.3 is 5.97 Å². The number of hydrogen-bond donors (Lipinski definition) is 1. The lowest BCUT2D eigenvalue weighted by atomic mass is 10.0. The van der Waals surface area contributed by atoms with Gasteiger partial charge in [-0.1, -0.05) is 6.07 Å². The molecular weight excluding hydrogens is 556 g/mol. The van der Waals surface area contributed by atoms with Crippen LogP contribution >= 0.6 is 0 Å². The minimum Gasteiger partial charge on any atom is -0.478 e. The molecule has 2 aliphatic heterocycles. The average molecular weight is 586 g/mol. The number of carbonyl (C=O) groups is 1. The van der Waals surface area contributed by atoms with Crippen LogP contribution in [-0.2, 0) is 37.3 Å². The smallest absolute Gasteiger partial charge is 0.335 e. The highest BCUT2D eigenvalue weighted by atomic mass is 19.1. The molecule has 1 atom stereocenters. The maximum atomic E-state index is 15.5. The topological polar surface area (TPSA) is 104 Å². The van der Waals surface area contributed by atoms with Crippen molar-refractivity contribution in [1.29, 1.82) is 0 Å². The Morgan fingerprint density at radius 2 is 1.95 bits per heavy atom. The number of aromatic nitrogens is 5. The number of halogens is 2. The van der Waals surface area contributed by atoms with Gasteiger partial charge in [0, 0.05) is 36.9 Å². The third-order valence-corrected chi connectivity index (χ3v) is 8.07. The quantitative estimate of drug-likeness (QED) is 0.241. The van der Waals surface area contributed by atoms with Gasteiger partial charge in [0.2, 0.25) is 5.88 Å². The predicted octanol–water partition coefficient (Wildman–Crippen LogP) is 5.57. The molecule has 3 aromatic heterocycles. The van der Waals surface area contributed by atoms with Crippen LogP contribution in [0, 0.1) is 11.6 Å². The van der Waals surface area contributed by atoms with Crippen molar-refractivity contribution in [2.75, 3.05) is 6.61 Å². The molecule has 2 aromatic carbocycles. The first-order valence-corrected chi connectivity index (χ1v) is 14.4.